The fraction of sp³-hybridized carbons (Fsp3) is 0.500. The molecule has 1 fully saturated rings. The van der Waals surface area contributed by atoms with Gasteiger partial charge in [-0.2, -0.15) is 0 Å². The van der Waals surface area contributed by atoms with E-state index in [-0.39, 0.29) is 17.3 Å². The van der Waals surface area contributed by atoms with E-state index in [1.54, 1.807) is 17.9 Å². The molecule has 3 N–H and O–H groups in total. The van der Waals surface area contributed by atoms with Crippen molar-refractivity contribution in [1.82, 2.24) is 9.97 Å². The van der Waals surface area contributed by atoms with E-state index in [0.717, 1.165) is 0 Å². The number of nitrogen functional groups attached to an aromatic ring is 1. The summed E-state index contributed by atoms with van der Waals surface area (Å²) in [5.41, 5.74) is 6.48. The van der Waals surface area contributed by atoms with Gasteiger partial charge < -0.3 is 10.6 Å². The zero-order chi connectivity index (χ0) is 13.3. The molecule has 1 aromatic rings. The molecule has 2 rings (SSSR count). The summed E-state index contributed by atoms with van der Waals surface area (Å²) < 4.78 is 22.7. The molecule has 0 saturated carbocycles. The van der Waals surface area contributed by atoms with E-state index in [4.69, 9.17) is 11.1 Å². The van der Waals surface area contributed by atoms with E-state index in [1.165, 1.54) is 0 Å². The summed E-state index contributed by atoms with van der Waals surface area (Å²) in [6.07, 6.45) is 0. The molecule has 2 heterocycles. The summed E-state index contributed by atoms with van der Waals surface area (Å²) in [6.45, 7) is 2.55. The lowest BCUT2D eigenvalue weighted by Crippen LogP contribution is -2.41. The number of hydrogen-bond donors (Lipinski definition) is 2. The van der Waals surface area contributed by atoms with Crippen molar-refractivity contribution in [2.75, 3.05) is 29.5 Å². The predicted molar refractivity (Wildman–Crippen MR) is 68.7 cm³/mol. The first-order valence-electron chi connectivity index (χ1n) is 5.53. The molecule has 1 saturated heterocycles. The van der Waals surface area contributed by atoms with E-state index in [1.807, 2.05) is 0 Å². The molecule has 0 aliphatic carbocycles. The maximum absolute atomic E-state index is 11.3. The van der Waals surface area contributed by atoms with Crippen LogP contribution in [0.5, 0.6) is 0 Å². The number of nitrogens with two attached hydrogens (primary N) is 1. The molecule has 1 aliphatic heterocycles. The number of aryl methyl sites for hydroxylation is 1. The van der Waals surface area contributed by atoms with Crippen LogP contribution >= 0.6 is 0 Å². The van der Waals surface area contributed by atoms with Gasteiger partial charge in [-0.1, -0.05) is 0 Å². The van der Waals surface area contributed by atoms with Crippen LogP contribution in [-0.2, 0) is 9.84 Å². The van der Waals surface area contributed by atoms with Crippen LogP contribution in [-0.4, -0.2) is 48.8 Å². The standard InChI is InChI=1S/C10H15N5O2S/c1-7-6-8(9(11)12)14-10(13-7)15-2-4-18(16,17)5-3-15/h6H,2-5H2,1H3,(H3,11,12). The fourth-order valence-corrected chi connectivity index (χ4v) is 2.95. The largest absolute Gasteiger partial charge is 0.382 e. The second kappa shape index (κ2) is 4.52. The van der Waals surface area contributed by atoms with E-state index in [0.29, 0.717) is 30.4 Å². The average Bonchev–Trinajstić information content (AvgIpc) is 2.28. The monoisotopic (exact) mass is 269 g/mol. The first kappa shape index (κ1) is 12.7. The van der Waals surface area contributed by atoms with Crippen molar-refractivity contribution >= 4 is 21.6 Å². The second-order valence-corrected chi connectivity index (χ2v) is 6.55. The third-order valence-corrected chi connectivity index (χ3v) is 4.35. The average molecular weight is 269 g/mol. The fourth-order valence-electron chi connectivity index (χ4n) is 1.74. The van der Waals surface area contributed by atoms with Crippen LogP contribution in [0.1, 0.15) is 11.4 Å². The number of anilines is 1. The van der Waals surface area contributed by atoms with Crippen LogP contribution in [0.2, 0.25) is 0 Å². The Bertz CT molecular complexity index is 570. The highest BCUT2D eigenvalue weighted by Gasteiger charge is 2.23. The summed E-state index contributed by atoms with van der Waals surface area (Å²) in [6, 6.07) is 1.63. The minimum absolute atomic E-state index is 0.111. The predicted octanol–water partition coefficient (Wildman–Crippen LogP) is -0.696. The van der Waals surface area contributed by atoms with Crippen molar-refractivity contribution in [2.45, 2.75) is 6.92 Å². The van der Waals surface area contributed by atoms with Crippen LogP contribution in [0.4, 0.5) is 5.95 Å². The highest BCUT2D eigenvalue weighted by molar-refractivity contribution is 7.91. The molecule has 7 nitrogen and oxygen atoms in total. The van der Waals surface area contributed by atoms with E-state index >= 15 is 0 Å². The molecular formula is C10H15N5O2S. The Morgan fingerprint density at radius 3 is 2.56 bits per heavy atom. The molecule has 0 atom stereocenters. The quantitative estimate of drug-likeness (QED) is 0.542. The second-order valence-electron chi connectivity index (χ2n) is 4.25. The van der Waals surface area contributed by atoms with E-state index in [2.05, 4.69) is 9.97 Å². The zero-order valence-electron chi connectivity index (χ0n) is 10.0. The van der Waals surface area contributed by atoms with Crippen LogP contribution in [0, 0.1) is 12.3 Å². The van der Waals surface area contributed by atoms with Gasteiger partial charge in [-0.3, -0.25) is 5.41 Å². The highest BCUT2D eigenvalue weighted by Crippen LogP contribution is 2.13. The molecule has 1 aliphatic rings. The normalized spacial score (nSPS) is 18.6. The summed E-state index contributed by atoms with van der Waals surface area (Å²) in [7, 11) is -2.92. The summed E-state index contributed by atoms with van der Waals surface area (Å²) in [5, 5.41) is 7.38. The van der Waals surface area contributed by atoms with Gasteiger partial charge in [-0.15, -0.1) is 0 Å². The van der Waals surface area contributed by atoms with Crippen molar-refractivity contribution in [1.29, 1.82) is 5.41 Å². The lowest BCUT2D eigenvalue weighted by molar-refractivity contribution is 0.585. The number of nitrogens with zero attached hydrogens (tertiary/aromatic N) is 3. The maximum atomic E-state index is 11.3. The minimum Gasteiger partial charge on any atom is -0.382 e. The molecule has 1 aromatic heterocycles. The van der Waals surface area contributed by atoms with Gasteiger partial charge in [0.25, 0.3) is 0 Å². The van der Waals surface area contributed by atoms with Gasteiger partial charge in [0.1, 0.15) is 11.5 Å². The van der Waals surface area contributed by atoms with Crippen molar-refractivity contribution < 1.29 is 8.42 Å². The Morgan fingerprint density at radius 2 is 2.00 bits per heavy atom. The summed E-state index contributed by atoms with van der Waals surface area (Å²) in [4.78, 5) is 10.2. The SMILES string of the molecule is Cc1cc(C(=N)N)nc(N2CCS(=O)(=O)CC2)n1. The molecule has 18 heavy (non-hydrogen) atoms. The Balaban J connectivity index is 2.26. The van der Waals surface area contributed by atoms with E-state index < -0.39 is 9.84 Å². The number of nitrogens with one attached hydrogen (secondary N) is 1. The van der Waals surface area contributed by atoms with Crippen LogP contribution in [0.15, 0.2) is 6.07 Å². The van der Waals surface area contributed by atoms with E-state index in [9.17, 15) is 8.42 Å². The molecule has 0 amide bonds. The van der Waals surface area contributed by atoms with Crippen LogP contribution < -0.4 is 10.6 Å². The topological polar surface area (TPSA) is 113 Å². The Labute approximate surface area is 105 Å². The first-order valence-corrected chi connectivity index (χ1v) is 7.35. The third-order valence-electron chi connectivity index (χ3n) is 2.75. The van der Waals surface area contributed by atoms with Crippen LogP contribution in [0.25, 0.3) is 0 Å². The Hall–Kier alpha value is -1.70. The number of hydrogen-bond acceptors (Lipinski definition) is 6. The third kappa shape index (κ3) is 2.76. The van der Waals surface area contributed by atoms with Crippen molar-refractivity contribution in [3.63, 3.8) is 0 Å². The van der Waals surface area contributed by atoms with Crippen molar-refractivity contribution in [3.05, 3.63) is 17.5 Å². The lowest BCUT2D eigenvalue weighted by Gasteiger charge is -2.27. The van der Waals surface area contributed by atoms with Crippen molar-refractivity contribution in [2.24, 2.45) is 5.73 Å². The van der Waals surface area contributed by atoms with Gasteiger partial charge in [0.05, 0.1) is 11.5 Å². The minimum atomic E-state index is -2.92. The molecule has 0 unspecified atom stereocenters. The molecule has 0 bridgehead atoms. The molecule has 0 aromatic carbocycles. The number of amidine groups is 1. The molecular weight excluding hydrogens is 254 g/mol. The van der Waals surface area contributed by atoms with Crippen molar-refractivity contribution in [3.8, 4) is 0 Å². The summed E-state index contributed by atoms with van der Waals surface area (Å²) >= 11 is 0. The summed E-state index contributed by atoms with van der Waals surface area (Å²) in [5.74, 6) is 0.542. The van der Waals surface area contributed by atoms with Gasteiger partial charge in [-0.05, 0) is 13.0 Å². The molecule has 0 radical (unpaired) electrons. The smallest absolute Gasteiger partial charge is 0.226 e. The van der Waals surface area contributed by atoms with Gasteiger partial charge >= 0.3 is 0 Å². The molecule has 0 spiro atoms. The Kier molecular flexibility index (Phi) is 3.20. The highest BCUT2D eigenvalue weighted by atomic mass is 32.2. The number of sulfone groups is 1. The first-order chi connectivity index (χ1) is 8.37. The molecule has 98 valence electrons. The zero-order valence-corrected chi connectivity index (χ0v) is 10.9. The lowest BCUT2D eigenvalue weighted by atomic mass is 10.3. The number of rotatable bonds is 2. The van der Waals surface area contributed by atoms with Gasteiger partial charge in [-0.25, -0.2) is 18.4 Å². The maximum Gasteiger partial charge on any atom is 0.226 e. The Morgan fingerprint density at radius 1 is 1.39 bits per heavy atom. The van der Waals surface area contributed by atoms with Crippen LogP contribution in [0.3, 0.4) is 0 Å². The molecule has 8 heteroatoms. The van der Waals surface area contributed by atoms with Gasteiger partial charge in [0.2, 0.25) is 5.95 Å². The van der Waals surface area contributed by atoms with Gasteiger partial charge in [0, 0.05) is 18.8 Å². The number of aromatic nitrogens is 2. The van der Waals surface area contributed by atoms with Gasteiger partial charge in [0.15, 0.2) is 9.84 Å².